The van der Waals surface area contributed by atoms with Crippen molar-refractivity contribution in [3.8, 4) is 5.75 Å². The lowest BCUT2D eigenvalue weighted by Gasteiger charge is -2.19. The highest BCUT2D eigenvalue weighted by molar-refractivity contribution is 5.45. The first kappa shape index (κ1) is 18.7. The van der Waals surface area contributed by atoms with Gasteiger partial charge in [0.25, 0.3) is 0 Å². The number of methoxy groups -OCH3 is 1. The van der Waals surface area contributed by atoms with Crippen molar-refractivity contribution in [3.05, 3.63) is 77.5 Å². The van der Waals surface area contributed by atoms with Crippen LogP contribution in [0.1, 0.15) is 16.8 Å². The maximum atomic E-state index is 5.28. The van der Waals surface area contributed by atoms with Gasteiger partial charge in [0.2, 0.25) is 5.95 Å². The van der Waals surface area contributed by atoms with Gasteiger partial charge in [0.15, 0.2) is 0 Å². The quantitative estimate of drug-likeness (QED) is 0.654. The highest BCUT2D eigenvalue weighted by atomic mass is 16.5. The van der Waals surface area contributed by atoms with Crippen LogP contribution in [-0.2, 0) is 13.0 Å². The summed E-state index contributed by atoms with van der Waals surface area (Å²) in [6.45, 7) is 3.56. The van der Waals surface area contributed by atoms with Crippen LogP contribution >= 0.6 is 0 Å². The van der Waals surface area contributed by atoms with Gasteiger partial charge >= 0.3 is 0 Å². The van der Waals surface area contributed by atoms with Crippen molar-refractivity contribution in [1.82, 2.24) is 9.97 Å². The van der Waals surface area contributed by atoms with Crippen molar-refractivity contribution in [2.45, 2.75) is 19.9 Å². The predicted molar refractivity (Wildman–Crippen MR) is 111 cm³/mol. The third-order valence-corrected chi connectivity index (χ3v) is 4.33. The zero-order valence-corrected chi connectivity index (χ0v) is 16.1. The number of hydrogen-bond donors (Lipinski definition) is 1. The standard InChI is InChI=1S/C22H26N4O/c1-17-14-21(26(2)16-19-8-5-4-6-9-19)25-22(24-17)23-13-12-18-10-7-11-20(15-18)27-3/h4-11,14-15H,12-13,16H2,1-3H3,(H,23,24,25). The van der Waals surface area contributed by atoms with Crippen molar-refractivity contribution in [1.29, 1.82) is 0 Å². The minimum absolute atomic E-state index is 0.660. The van der Waals surface area contributed by atoms with E-state index >= 15 is 0 Å². The monoisotopic (exact) mass is 362 g/mol. The molecule has 3 aromatic rings. The number of nitrogens with zero attached hydrogens (tertiary/aromatic N) is 3. The molecule has 2 aromatic carbocycles. The number of benzene rings is 2. The fourth-order valence-corrected chi connectivity index (χ4v) is 2.91. The molecule has 0 saturated heterocycles. The number of aromatic nitrogens is 2. The molecule has 1 heterocycles. The van der Waals surface area contributed by atoms with Gasteiger partial charge in [-0.25, -0.2) is 4.98 Å². The van der Waals surface area contributed by atoms with Crippen molar-refractivity contribution in [2.75, 3.05) is 30.9 Å². The van der Waals surface area contributed by atoms with Crippen molar-refractivity contribution >= 4 is 11.8 Å². The Morgan fingerprint density at radius 2 is 1.74 bits per heavy atom. The molecule has 3 rings (SSSR count). The van der Waals surface area contributed by atoms with Crippen LogP contribution in [0.3, 0.4) is 0 Å². The largest absolute Gasteiger partial charge is 0.497 e. The van der Waals surface area contributed by atoms with Gasteiger partial charge in [-0.1, -0.05) is 42.5 Å². The third kappa shape index (κ3) is 5.45. The fraction of sp³-hybridized carbons (Fsp3) is 0.273. The van der Waals surface area contributed by atoms with Crippen molar-refractivity contribution in [2.24, 2.45) is 0 Å². The van der Waals surface area contributed by atoms with Crippen molar-refractivity contribution in [3.63, 3.8) is 0 Å². The second-order valence-electron chi connectivity index (χ2n) is 6.56. The molecule has 0 amide bonds. The number of ether oxygens (including phenoxy) is 1. The summed E-state index contributed by atoms with van der Waals surface area (Å²) in [4.78, 5) is 11.3. The van der Waals surface area contributed by atoms with Crippen LogP contribution in [0.15, 0.2) is 60.7 Å². The van der Waals surface area contributed by atoms with Crippen LogP contribution in [0.25, 0.3) is 0 Å². The van der Waals surface area contributed by atoms with E-state index in [1.807, 2.05) is 31.2 Å². The Balaban J connectivity index is 1.62. The average Bonchev–Trinajstić information content (AvgIpc) is 2.68. The molecule has 0 aliphatic heterocycles. The van der Waals surface area contributed by atoms with E-state index in [2.05, 4.69) is 63.6 Å². The molecule has 5 nitrogen and oxygen atoms in total. The Morgan fingerprint density at radius 3 is 2.52 bits per heavy atom. The van der Waals surface area contributed by atoms with Crippen LogP contribution in [0, 0.1) is 6.92 Å². The van der Waals surface area contributed by atoms with Gasteiger partial charge in [0, 0.05) is 31.9 Å². The molecule has 1 aromatic heterocycles. The number of nitrogens with one attached hydrogen (secondary N) is 1. The summed E-state index contributed by atoms with van der Waals surface area (Å²) < 4.78 is 5.28. The van der Waals surface area contributed by atoms with Gasteiger partial charge in [0.05, 0.1) is 7.11 Å². The smallest absolute Gasteiger partial charge is 0.224 e. The van der Waals surface area contributed by atoms with E-state index in [9.17, 15) is 0 Å². The van der Waals surface area contributed by atoms with Gasteiger partial charge in [-0.05, 0) is 36.6 Å². The van der Waals surface area contributed by atoms with E-state index in [0.29, 0.717) is 5.95 Å². The molecule has 0 saturated carbocycles. The maximum absolute atomic E-state index is 5.28. The first-order valence-electron chi connectivity index (χ1n) is 9.11. The number of anilines is 2. The molecule has 0 unspecified atom stereocenters. The Hall–Kier alpha value is -3.08. The number of hydrogen-bond acceptors (Lipinski definition) is 5. The van der Waals surface area contributed by atoms with Crippen LogP contribution in [0.5, 0.6) is 5.75 Å². The second kappa shape index (κ2) is 9.03. The third-order valence-electron chi connectivity index (χ3n) is 4.33. The summed E-state index contributed by atoms with van der Waals surface area (Å²) in [6.07, 6.45) is 0.879. The Kier molecular flexibility index (Phi) is 6.26. The molecule has 0 aliphatic rings. The van der Waals surface area contributed by atoms with Crippen LogP contribution < -0.4 is 15.0 Å². The van der Waals surface area contributed by atoms with E-state index in [1.165, 1.54) is 11.1 Å². The van der Waals surface area contributed by atoms with Gasteiger partial charge in [-0.2, -0.15) is 4.98 Å². The lowest BCUT2D eigenvalue weighted by atomic mass is 10.1. The number of rotatable bonds is 8. The summed E-state index contributed by atoms with van der Waals surface area (Å²) in [6, 6.07) is 20.5. The van der Waals surface area contributed by atoms with Crippen LogP contribution in [-0.4, -0.2) is 30.7 Å². The molecular formula is C22H26N4O. The van der Waals surface area contributed by atoms with Crippen molar-refractivity contribution < 1.29 is 4.74 Å². The Bertz CT molecular complexity index is 867. The van der Waals surface area contributed by atoms with Gasteiger partial charge in [-0.3, -0.25) is 0 Å². The Labute approximate surface area is 161 Å². The van der Waals surface area contributed by atoms with Gasteiger partial charge in [-0.15, -0.1) is 0 Å². The number of aryl methyl sites for hydroxylation is 1. The molecule has 0 bridgehead atoms. The normalized spacial score (nSPS) is 10.5. The molecular weight excluding hydrogens is 336 g/mol. The molecule has 1 N–H and O–H groups in total. The molecule has 0 spiro atoms. The maximum Gasteiger partial charge on any atom is 0.224 e. The molecule has 0 radical (unpaired) electrons. The summed E-state index contributed by atoms with van der Waals surface area (Å²) in [5.41, 5.74) is 3.42. The second-order valence-corrected chi connectivity index (χ2v) is 6.56. The molecule has 0 fully saturated rings. The lowest BCUT2D eigenvalue weighted by molar-refractivity contribution is 0.414. The highest BCUT2D eigenvalue weighted by Gasteiger charge is 2.08. The van der Waals surface area contributed by atoms with Gasteiger partial charge < -0.3 is 15.0 Å². The topological polar surface area (TPSA) is 50.3 Å². The minimum atomic E-state index is 0.660. The molecule has 0 atom stereocenters. The first-order valence-corrected chi connectivity index (χ1v) is 9.11. The van der Waals surface area contributed by atoms with Gasteiger partial charge in [0.1, 0.15) is 11.6 Å². The van der Waals surface area contributed by atoms with Crippen LogP contribution in [0.4, 0.5) is 11.8 Å². The van der Waals surface area contributed by atoms with E-state index in [1.54, 1.807) is 7.11 Å². The zero-order chi connectivity index (χ0) is 19.1. The minimum Gasteiger partial charge on any atom is -0.497 e. The molecule has 5 heteroatoms. The molecule has 140 valence electrons. The predicted octanol–water partition coefficient (Wildman–Crippen LogP) is 4.08. The Morgan fingerprint density at radius 1 is 0.963 bits per heavy atom. The summed E-state index contributed by atoms with van der Waals surface area (Å²) in [7, 11) is 3.74. The first-order chi connectivity index (χ1) is 13.1. The highest BCUT2D eigenvalue weighted by Crippen LogP contribution is 2.17. The van der Waals surface area contributed by atoms with E-state index in [-0.39, 0.29) is 0 Å². The molecule has 0 aliphatic carbocycles. The van der Waals surface area contributed by atoms with E-state index in [0.717, 1.165) is 36.8 Å². The summed E-state index contributed by atoms with van der Waals surface area (Å²) >= 11 is 0. The van der Waals surface area contributed by atoms with E-state index < -0.39 is 0 Å². The lowest BCUT2D eigenvalue weighted by Crippen LogP contribution is -2.19. The fourth-order valence-electron chi connectivity index (χ4n) is 2.91. The zero-order valence-electron chi connectivity index (χ0n) is 16.1. The summed E-state index contributed by atoms with van der Waals surface area (Å²) in [5.74, 6) is 2.45. The summed E-state index contributed by atoms with van der Waals surface area (Å²) in [5, 5.41) is 3.34. The molecule has 27 heavy (non-hydrogen) atoms. The van der Waals surface area contributed by atoms with Crippen LogP contribution in [0.2, 0.25) is 0 Å². The SMILES string of the molecule is COc1cccc(CCNc2nc(C)cc(N(C)Cc3ccccc3)n2)c1. The average molecular weight is 362 g/mol. The van der Waals surface area contributed by atoms with E-state index in [4.69, 9.17) is 4.74 Å².